The molecule has 8 heteroatoms. The van der Waals surface area contributed by atoms with E-state index in [-0.39, 0.29) is 46.3 Å². The molecule has 6 aliphatic rings. The van der Waals surface area contributed by atoms with Crippen LogP contribution >= 0.6 is 11.6 Å². The van der Waals surface area contributed by atoms with Gasteiger partial charge in [0.2, 0.25) is 5.91 Å². The van der Waals surface area contributed by atoms with E-state index in [2.05, 4.69) is 58.7 Å². The molecule has 0 bridgehead atoms. The summed E-state index contributed by atoms with van der Waals surface area (Å²) in [7, 11) is 0. The average molecular weight is 739 g/mol. The van der Waals surface area contributed by atoms with Gasteiger partial charge in [-0.2, -0.15) is 0 Å². The second-order valence-corrected chi connectivity index (χ2v) is 19.1. The Kier molecular flexibility index (Phi) is 8.57. The molecule has 4 fully saturated rings. The fourth-order valence-electron chi connectivity index (χ4n) is 13.9. The van der Waals surface area contributed by atoms with Gasteiger partial charge in [0.1, 0.15) is 13.2 Å². The molecule has 4 saturated carbocycles. The number of hydrogen-bond acceptors (Lipinski definition) is 4. The molecule has 0 saturated heterocycles. The van der Waals surface area contributed by atoms with Crippen LogP contribution in [0.15, 0.2) is 61.2 Å². The number of aromatic carboxylic acids is 1. The molecule has 1 heterocycles. The monoisotopic (exact) mass is 738 g/mol. The number of carboxylic acid groups (broad SMARTS) is 1. The number of benzene rings is 2. The van der Waals surface area contributed by atoms with Crippen LogP contribution in [0, 0.1) is 51.2 Å². The third kappa shape index (κ3) is 5.29. The first-order valence-corrected chi connectivity index (χ1v) is 20.2. The summed E-state index contributed by atoms with van der Waals surface area (Å²) < 4.78 is 5.44. The summed E-state index contributed by atoms with van der Waals surface area (Å²) in [5.74, 6) is 1.13. The van der Waals surface area contributed by atoms with Gasteiger partial charge >= 0.3 is 12.1 Å². The van der Waals surface area contributed by atoms with Gasteiger partial charge in [0, 0.05) is 16.1 Å². The van der Waals surface area contributed by atoms with Crippen LogP contribution in [0.25, 0.3) is 5.57 Å². The molecule has 0 spiro atoms. The van der Waals surface area contributed by atoms with Crippen molar-refractivity contribution in [3.05, 3.63) is 82.9 Å². The zero-order chi connectivity index (χ0) is 37.7. The Bertz CT molecular complexity index is 1900. The van der Waals surface area contributed by atoms with Gasteiger partial charge in [0.05, 0.1) is 11.3 Å². The maximum absolute atomic E-state index is 14.1. The molecule has 2 aromatic carbocycles. The fraction of sp³-hybridized carbons (Fsp3) is 0.578. The Morgan fingerprint density at radius 1 is 0.962 bits per heavy atom. The van der Waals surface area contributed by atoms with E-state index in [1.54, 1.807) is 24.3 Å². The lowest BCUT2D eigenvalue weighted by atomic mass is 9.33. The molecule has 2 aromatic rings. The number of nitrogens with zero attached hydrogens (tertiary/aromatic N) is 1. The van der Waals surface area contributed by atoms with Crippen molar-refractivity contribution in [2.75, 3.05) is 11.4 Å². The minimum atomic E-state index is -0.892. The van der Waals surface area contributed by atoms with Gasteiger partial charge in [-0.25, -0.2) is 9.59 Å². The molecule has 2 amide bonds. The van der Waals surface area contributed by atoms with Crippen LogP contribution in [0.5, 0.6) is 0 Å². The van der Waals surface area contributed by atoms with Crippen molar-refractivity contribution in [1.29, 1.82) is 0 Å². The number of carbonyl (C=O) groups is 3. The smallest absolute Gasteiger partial charge is 0.415 e. The lowest BCUT2D eigenvalue weighted by Crippen LogP contribution is -2.68. The van der Waals surface area contributed by atoms with Crippen LogP contribution in [0.2, 0.25) is 5.02 Å². The second kappa shape index (κ2) is 12.5. The van der Waals surface area contributed by atoms with E-state index in [4.69, 9.17) is 16.3 Å². The number of amides is 2. The summed E-state index contributed by atoms with van der Waals surface area (Å²) in [6.45, 7) is 17.1. The molecule has 5 aliphatic carbocycles. The maximum atomic E-state index is 14.1. The number of carbonyl (C=O) groups excluding carboxylic acids is 2. The lowest BCUT2D eigenvalue weighted by Gasteiger charge is -2.72. The van der Waals surface area contributed by atoms with E-state index >= 15 is 0 Å². The second-order valence-electron chi connectivity index (χ2n) is 18.7. The van der Waals surface area contributed by atoms with Gasteiger partial charge in [-0.3, -0.25) is 9.69 Å². The Morgan fingerprint density at radius 2 is 1.72 bits per heavy atom. The van der Waals surface area contributed by atoms with E-state index in [0.29, 0.717) is 45.9 Å². The topological polar surface area (TPSA) is 95.9 Å². The van der Waals surface area contributed by atoms with E-state index < -0.39 is 12.1 Å². The maximum Gasteiger partial charge on any atom is 0.415 e. The van der Waals surface area contributed by atoms with Crippen molar-refractivity contribution in [2.45, 2.75) is 105 Å². The first-order valence-electron chi connectivity index (χ1n) is 19.8. The molecule has 9 atom stereocenters. The number of nitrogens with one attached hydrogen (secondary N) is 1. The van der Waals surface area contributed by atoms with E-state index in [1.165, 1.54) is 23.3 Å². The van der Waals surface area contributed by atoms with Gasteiger partial charge < -0.3 is 15.2 Å². The van der Waals surface area contributed by atoms with E-state index in [0.717, 1.165) is 56.1 Å². The van der Waals surface area contributed by atoms with Gasteiger partial charge in [-0.1, -0.05) is 76.6 Å². The van der Waals surface area contributed by atoms with Crippen molar-refractivity contribution >= 4 is 40.8 Å². The van der Waals surface area contributed by atoms with Crippen LogP contribution < -0.4 is 10.2 Å². The molecule has 0 aromatic heterocycles. The molecule has 8 rings (SSSR count). The zero-order valence-corrected chi connectivity index (χ0v) is 32.7. The first-order chi connectivity index (χ1) is 25.1. The van der Waals surface area contributed by atoms with E-state index in [9.17, 15) is 19.5 Å². The molecular formula is C45H55ClN2O5. The Labute approximate surface area is 319 Å². The number of anilines is 1. The SMILES string of the molecule is C=CC1CCC2(NC(=O)CN3C(=O)OCc4ccc(Cl)cc43)CCC3(C)C(CCC4C5(C)CC=C(c6ccc(C(=O)O)cc6)C(C)(C)C5CCC43C)C12. The fourth-order valence-corrected chi connectivity index (χ4v) is 14.0. The number of ether oxygens (including phenoxy) is 1. The lowest BCUT2D eigenvalue weighted by molar-refractivity contribution is -0.219. The van der Waals surface area contributed by atoms with E-state index in [1.807, 2.05) is 18.2 Å². The average Bonchev–Trinajstić information content (AvgIpc) is 3.48. The van der Waals surface area contributed by atoms with Crippen LogP contribution in [-0.2, 0) is 16.1 Å². The summed E-state index contributed by atoms with van der Waals surface area (Å²) in [4.78, 5) is 40.0. The summed E-state index contributed by atoms with van der Waals surface area (Å²) in [5, 5.41) is 13.6. The van der Waals surface area contributed by atoms with Crippen LogP contribution in [0.1, 0.15) is 114 Å². The zero-order valence-electron chi connectivity index (χ0n) is 32.0. The standard InChI is InChI=1S/C45H55ClN2O5/c1-7-27-16-21-45(47-37(49)25-48-34-24-31(46)13-12-30(34)26-53-40(48)52)23-22-43(5)33(38(27)45)14-15-36-42(4)19-17-32(28-8-10-29(11-9-28)39(50)51)41(2,3)35(42)18-20-44(36,43)6/h7-13,17,24,27,33,35-36,38H,1,14-16,18-23,25-26H2,2-6H3,(H,47,49)(H,50,51). The van der Waals surface area contributed by atoms with Gasteiger partial charge in [-0.05, 0) is 144 Å². The predicted octanol–water partition coefficient (Wildman–Crippen LogP) is 10.3. The number of hydrogen-bond donors (Lipinski definition) is 2. The van der Waals surface area contributed by atoms with Gasteiger partial charge in [-0.15, -0.1) is 6.58 Å². The highest BCUT2D eigenvalue weighted by Crippen LogP contribution is 2.76. The highest BCUT2D eigenvalue weighted by molar-refractivity contribution is 6.31. The normalized spacial score (nSPS) is 38.2. The summed E-state index contributed by atoms with van der Waals surface area (Å²) in [6.07, 6.45) is 13.8. The number of fused-ring (bicyclic) bond motifs is 8. The first kappa shape index (κ1) is 36.4. The molecule has 0 radical (unpaired) electrons. The third-order valence-electron chi connectivity index (χ3n) is 16.4. The summed E-state index contributed by atoms with van der Waals surface area (Å²) in [6, 6.07) is 12.9. The molecule has 53 heavy (non-hydrogen) atoms. The number of halogens is 1. The Balaban J connectivity index is 1.07. The molecule has 2 N–H and O–H groups in total. The van der Waals surface area contributed by atoms with Crippen LogP contribution in [0.4, 0.5) is 10.5 Å². The highest BCUT2D eigenvalue weighted by atomic mass is 35.5. The molecule has 282 valence electrons. The Hall–Kier alpha value is -3.58. The number of rotatable bonds is 6. The largest absolute Gasteiger partial charge is 0.478 e. The minimum Gasteiger partial charge on any atom is -0.478 e. The summed E-state index contributed by atoms with van der Waals surface area (Å²) >= 11 is 6.32. The molecule has 7 nitrogen and oxygen atoms in total. The molecular weight excluding hydrogens is 684 g/mol. The van der Waals surface area contributed by atoms with Crippen LogP contribution in [-0.4, -0.2) is 35.2 Å². The predicted molar refractivity (Wildman–Crippen MR) is 209 cm³/mol. The van der Waals surface area contributed by atoms with Gasteiger partial charge in [0.15, 0.2) is 0 Å². The van der Waals surface area contributed by atoms with Crippen molar-refractivity contribution in [1.82, 2.24) is 5.32 Å². The van der Waals surface area contributed by atoms with Crippen molar-refractivity contribution < 1.29 is 24.2 Å². The highest BCUT2D eigenvalue weighted by Gasteiger charge is 2.70. The quantitative estimate of drug-likeness (QED) is 0.288. The van der Waals surface area contributed by atoms with Crippen molar-refractivity contribution in [2.24, 2.45) is 51.2 Å². The molecule has 9 unspecified atom stereocenters. The van der Waals surface area contributed by atoms with Crippen molar-refractivity contribution in [3.63, 3.8) is 0 Å². The Morgan fingerprint density at radius 3 is 2.43 bits per heavy atom. The number of carboxylic acids is 1. The number of cyclic esters (lactones) is 1. The third-order valence-corrected chi connectivity index (χ3v) is 16.6. The summed E-state index contributed by atoms with van der Waals surface area (Å²) in [5.41, 5.74) is 4.33. The van der Waals surface area contributed by atoms with Gasteiger partial charge in [0.25, 0.3) is 0 Å². The van der Waals surface area contributed by atoms with Crippen molar-refractivity contribution in [3.8, 4) is 0 Å². The van der Waals surface area contributed by atoms with Crippen LogP contribution in [0.3, 0.4) is 0 Å². The number of allylic oxidation sites excluding steroid dienone is 3. The molecule has 1 aliphatic heterocycles. The minimum absolute atomic E-state index is 0.0468.